The highest BCUT2D eigenvalue weighted by atomic mass is 19.1. The van der Waals surface area contributed by atoms with Gasteiger partial charge < -0.3 is 5.32 Å². The summed E-state index contributed by atoms with van der Waals surface area (Å²) in [6, 6.07) is 4.24. The fraction of sp³-hybridized carbons (Fsp3) is 0.562. The van der Waals surface area contributed by atoms with Crippen molar-refractivity contribution in [3.8, 4) is 6.07 Å². The number of rotatable bonds is 3. The molecular weight excluding hydrogens is 258 g/mol. The lowest BCUT2D eigenvalue weighted by atomic mass is 9.80. The van der Waals surface area contributed by atoms with E-state index in [0.717, 1.165) is 25.0 Å². The summed E-state index contributed by atoms with van der Waals surface area (Å²) in [6.45, 7) is 4.61. The molecule has 1 aromatic carbocycles. The van der Waals surface area contributed by atoms with Gasteiger partial charge in [-0.1, -0.05) is 13.8 Å². The number of benzene rings is 1. The number of hydrogen-bond donors (Lipinski definition) is 1. The van der Waals surface area contributed by atoms with Crippen LogP contribution >= 0.6 is 0 Å². The van der Waals surface area contributed by atoms with Crippen LogP contribution in [0.5, 0.6) is 0 Å². The van der Waals surface area contributed by atoms with E-state index in [0.29, 0.717) is 17.9 Å². The number of nitriles is 1. The summed E-state index contributed by atoms with van der Waals surface area (Å²) in [7, 11) is 0. The molecule has 1 saturated carbocycles. The average molecular weight is 278 g/mol. The van der Waals surface area contributed by atoms with Gasteiger partial charge in [-0.2, -0.15) is 5.26 Å². The second-order valence-corrected chi connectivity index (χ2v) is 6.03. The fourth-order valence-electron chi connectivity index (χ4n) is 3.20. The molecule has 0 spiro atoms. The molecule has 1 fully saturated rings. The van der Waals surface area contributed by atoms with Crippen LogP contribution < -0.4 is 5.32 Å². The van der Waals surface area contributed by atoms with Gasteiger partial charge in [0, 0.05) is 18.2 Å². The average Bonchev–Trinajstić information content (AvgIpc) is 2.36. The Hall–Kier alpha value is -1.47. The minimum absolute atomic E-state index is 0.0173. The molecular formula is C16H20F2N2. The van der Waals surface area contributed by atoms with Gasteiger partial charge >= 0.3 is 0 Å². The summed E-state index contributed by atoms with van der Waals surface area (Å²) in [5.41, 5.74) is 0.0403. The van der Waals surface area contributed by atoms with Crippen LogP contribution in [0.1, 0.15) is 44.2 Å². The van der Waals surface area contributed by atoms with E-state index in [2.05, 4.69) is 19.2 Å². The summed E-state index contributed by atoms with van der Waals surface area (Å²) < 4.78 is 27.5. The van der Waals surface area contributed by atoms with Crippen LogP contribution in [0.3, 0.4) is 0 Å². The van der Waals surface area contributed by atoms with E-state index in [1.807, 2.05) is 0 Å². The molecule has 0 saturated heterocycles. The van der Waals surface area contributed by atoms with Crippen LogP contribution in [0.15, 0.2) is 12.1 Å². The zero-order valence-electron chi connectivity index (χ0n) is 11.9. The maximum atomic E-state index is 13.8. The van der Waals surface area contributed by atoms with Crippen molar-refractivity contribution in [2.45, 2.75) is 45.7 Å². The van der Waals surface area contributed by atoms with Crippen LogP contribution in [0.25, 0.3) is 0 Å². The summed E-state index contributed by atoms with van der Waals surface area (Å²) in [6.07, 6.45) is 3.31. The van der Waals surface area contributed by atoms with E-state index in [1.165, 1.54) is 6.42 Å². The molecule has 108 valence electrons. The monoisotopic (exact) mass is 278 g/mol. The minimum atomic E-state index is -0.647. The molecule has 1 aliphatic rings. The van der Waals surface area contributed by atoms with E-state index >= 15 is 0 Å². The highest BCUT2D eigenvalue weighted by Gasteiger charge is 2.24. The number of nitrogens with zero attached hydrogens (tertiary/aromatic N) is 1. The molecule has 0 heterocycles. The predicted molar refractivity (Wildman–Crippen MR) is 73.9 cm³/mol. The lowest BCUT2D eigenvalue weighted by Crippen LogP contribution is -2.36. The maximum absolute atomic E-state index is 13.8. The molecule has 4 heteroatoms. The zero-order valence-corrected chi connectivity index (χ0v) is 11.9. The molecule has 2 rings (SSSR count). The molecule has 1 N–H and O–H groups in total. The van der Waals surface area contributed by atoms with Crippen LogP contribution in [0, 0.1) is 34.8 Å². The summed E-state index contributed by atoms with van der Waals surface area (Å²) in [4.78, 5) is 0. The normalized spacial score (nSPS) is 26.2. The number of hydrogen-bond acceptors (Lipinski definition) is 2. The maximum Gasteiger partial charge on any atom is 0.131 e. The topological polar surface area (TPSA) is 35.8 Å². The molecule has 0 radical (unpaired) electrons. The molecule has 2 nitrogen and oxygen atoms in total. The smallest absolute Gasteiger partial charge is 0.131 e. The van der Waals surface area contributed by atoms with Crippen molar-refractivity contribution < 1.29 is 8.78 Å². The molecule has 0 aliphatic heterocycles. The van der Waals surface area contributed by atoms with Crippen molar-refractivity contribution >= 4 is 0 Å². The number of nitrogens with one attached hydrogen (secondary N) is 1. The van der Waals surface area contributed by atoms with Crippen LogP contribution in [-0.2, 0) is 6.54 Å². The van der Waals surface area contributed by atoms with Gasteiger partial charge in [0.15, 0.2) is 0 Å². The molecule has 1 aliphatic carbocycles. The number of halogens is 2. The van der Waals surface area contributed by atoms with Gasteiger partial charge in [0.05, 0.1) is 11.6 Å². The quantitative estimate of drug-likeness (QED) is 0.914. The van der Waals surface area contributed by atoms with Crippen molar-refractivity contribution in [2.24, 2.45) is 11.8 Å². The van der Waals surface area contributed by atoms with Crippen LogP contribution in [-0.4, -0.2) is 6.04 Å². The van der Waals surface area contributed by atoms with Crippen LogP contribution in [0.2, 0.25) is 0 Å². The first-order chi connectivity index (χ1) is 9.49. The van der Waals surface area contributed by atoms with E-state index in [1.54, 1.807) is 6.07 Å². The standard InChI is InChI=1S/C16H20F2N2/c1-10-3-11(2)5-13(4-10)20-9-14-15(17)6-12(8-19)7-16(14)18/h6-7,10-11,13,20H,3-5,9H2,1-2H3. The molecule has 1 aromatic rings. The predicted octanol–water partition coefficient (Wildman–Crippen LogP) is 3.75. The van der Waals surface area contributed by atoms with E-state index < -0.39 is 11.6 Å². The van der Waals surface area contributed by atoms with Gasteiger partial charge in [-0.05, 0) is 43.2 Å². The van der Waals surface area contributed by atoms with Crippen molar-refractivity contribution in [3.05, 3.63) is 34.9 Å². The van der Waals surface area contributed by atoms with Crippen molar-refractivity contribution in [3.63, 3.8) is 0 Å². The second-order valence-electron chi connectivity index (χ2n) is 6.03. The lowest BCUT2D eigenvalue weighted by Gasteiger charge is -2.32. The van der Waals surface area contributed by atoms with E-state index in [9.17, 15) is 8.78 Å². The molecule has 2 unspecified atom stereocenters. The highest BCUT2D eigenvalue weighted by molar-refractivity contribution is 5.34. The Kier molecular flexibility index (Phi) is 4.72. The summed E-state index contributed by atoms with van der Waals surface area (Å²) >= 11 is 0. The first-order valence-electron chi connectivity index (χ1n) is 7.11. The molecule has 0 amide bonds. The third-order valence-electron chi connectivity index (χ3n) is 4.02. The zero-order chi connectivity index (χ0) is 14.7. The van der Waals surface area contributed by atoms with Crippen molar-refractivity contribution in [1.29, 1.82) is 5.26 Å². The minimum Gasteiger partial charge on any atom is -0.310 e. The second kappa shape index (κ2) is 6.32. The van der Waals surface area contributed by atoms with Gasteiger partial charge in [-0.15, -0.1) is 0 Å². The lowest BCUT2D eigenvalue weighted by molar-refractivity contribution is 0.237. The largest absolute Gasteiger partial charge is 0.310 e. The van der Waals surface area contributed by atoms with Gasteiger partial charge in [-0.25, -0.2) is 8.78 Å². The third-order valence-corrected chi connectivity index (χ3v) is 4.02. The van der Waals surface area contributed by atoms with Crippen molar-refractivity contribution in [2.75, 3.05) is 0 Å². The molecule has 0 bridgehead atoms. The first-order valence-corrected chi connectivity index (χ1v) is 7.11. The summed E-state index contributed by atoms with van der Waals surface area (Å²) in [5, 5.41) is 11.9. The Balaban J connectivity index is 2.02. The third kappa shape index (κ3) is 3.55. The Labute approximate surface area is 118 Å². The molecule has 0 aromatic heterocycles. The summed E-state index contributed by atoms with van der Waals surface area (Å²) in [5.74, 6) is -0.00395. The Morgan fingerprint density at radius 3 is 2.20 bits per heavy atom. The highest BCUT2D eigenvalue weighted by Crippen LogP contribution is 2.28. The van der Waals surface area contributed by atoms with E-state index in [4.69, 9.17) is 5.26 Å². The first kappa shape index (κ1) is 14.9. The Morgan fingerprint density at radius 2 is 1.70 bits per heavy atom. The SMILES string of the molecule is CC1CC(C)CC(NCc2c(F)cc(C#N)cc2F)C1. The van der Waals surface area contributed by atoms with Gasteiger partial charge in [0.2, 0.25) is 0 Å². The van der Waals surface area contributed by atoms with Crippen LogP contribution in [0.4, 0.5) is 8.78 Å². The molecule has 20 heavy (non-hydrogen) atoms. The van der Waals surface area contributed by atoms with Gasteiger partial charge in [0.25, 0.3) is 0 Å². The molecule has 2 atom stereocenters. The van der Waals surface area contributed by atoms with E-state index in [-0.39, 0.29) is 17.7 Å². The Morgan fingerprint density at radius 1 is 1.15 bits per heavy atom. The van der Waals surface area contributed by atoms with Gasteiger partial charge in [0.1, 0.15) is 11.6 Å². The fourth-order valence-corrected chi connectivity index (χ4v) is 3.20. The Bertz CT molecular complexity index is 489. The van der Waals surface area contributed by atoms with Crippen molar-refractivity contribution in [1.82, 2.24) is 5.32 Å². The van der Waals surface area contributed by atoms with Gasteiger partial charge in [-0.3, -0.25) is 0 Å².